The molecule has 2 N–H and O–H groups in total. The lowest BCUT2D eigenvalue weighted by molar-refractivity contribution is -0.159. The fourth-order valence-corrected chi connectivity index (χ4v) is 3.45. The Bertz CT molecular complexity index is 870. The van der Waals surface area contributed by atoms with Gasteiger partial charge in [0.2, 0.25) is 0 Å². The van der Waals surface area contributed by atoms with Crippen LogP contribution >= 0.6 is 0 Å². The number of aryl methyl sites for hydroxylation is 1. The van der Waals surface area contributed by atoms with Crippen molar-refractivity contribution in [3.63, 3.8) is 0 Å². The summed E-state index contributed by atoms with van der Waals surface area (Å²) in [6, 6.07) is 11.5. The third-order valence-electron chi connectivity index (χ3n) is 4.91. The minimum atomic E-state index is -1.67. The molecule has 5 heteroatoms. The minimum Gasteiger partial charge on any atom is -0.479 e. The van der Waals surface area contributed by atoms with Crippen LogP contribution < -0.4 is 0 Å². The molecule has 1 unspecified atom stereocenters. The molecular formula is C19H16O5. The average molecular weight is 324 g/mol. The smallest absolute Gasteiger partial charge is 0.338 e. The van der Waals surface area contributed by atoms with Crippen LogP contribution in [0.1, 0.15) is 33.5 Å². The van der Waals surface area contributed by atoms with E-state index in [1.165, 1.54) is 0 Å². The highest BCUT2D eigenvalue weighted by atomic mass is 16.5. The molecular weight excluding hydrogens is 308 g/mol. The van der Waals surface area contributed by atoms with Gasteiger partial charge in [-0.15, -0.1) is 0 Å². The number of hydrogen-bond donors (Lipinski definition) is 2. The molecule has 1 atom stereocenters. The van der Waals surface area contributed by atoms with Crippen molar-refractivity contribution in [3.8, 4) is 11.1 Å². The molecule has 2 aliphatic rings. The van der Waals surface area contributed by atoms with Gasteiger partial charge in [0.25, 0.3) is 0 Å². The average Bonchev–Trinajstić information content (AvgIpc) is 2.95. The predicted octanol–water partition coefficient (Wildman–Crippen LogP) is 2.33. The summed E-state index contributed by atoms with van der Waals surface area (Å²) in [4.78, 5) is 22.7. The Morgan fingerprint density at radius 2 is 1.75 bits per heavy atom. The molecule has 24 heavy (non-hydrogen) atoms. The highest BCUT2D eigenvalue weighted by Crippen LogP contribution is 2.33. The lowest BCUT2D eigenvalue weighted by Crippen LogP contribution is -2.43. The van der Waals surface area contributed by atoms with Crippen LogP contribution in [0, 0.1) is 0 Å². The van der Waals surface area contributed by atoms with Crippen molar-refractivity contribution < 1.29 is 24.5 Å². The normalized spacial score (nSPS) is 21.8. The molecule has 0 amide bonds. The molecule has 4 rings (SSSR count). The number of rotatable bonds is 2. The lowest BCUT2D eigenvalue weighted by Gasteiger charge is -2.29. The van der Waals surface area contributed by atoms with E-state index in [2.05, 4.69) is 0 Å². The SMILES string of the molecule is O=C1OCc2cc(-c3ccc4c(c3)CCC(O)(C(=O)O)C4)ccc21. The van der Waals surface area contributed by atoms with Crippen LogP contribution in [0.2, 0.25) is 0 Å². The molecule has 0 saturated carbocycles. The fourth-order valence-electron chi connectivity index (χ4n) is 3.45. The van der Waals surface area contributed by atoms with Crippen molar-refractivity contribution in [3.05, 3.63) is 58.7 Å². The van der Waals surface area contributed by atoms with Crippen molar-refractivity contribution in [1.29, 1.82) is 0 Å². The molecule has 1 aliphatic heterocycles. The van der Waals surface area contributed by atoms with Gasteiger partial charge in [-0.3, -0.25) is 0 Å². The predicted molar refractivity (Wildman–Crippen MR) is 85.6 cm³/mol. The topological polar surface area (TPSA) is 83.8 Å². The zero-order chi connectivity index (χ0) is 16.9. The molecule has 2 aromatic carbocycles. The van der Waals surface area contributed by atoms with E-state index in [1.807, 2.05) is 30.3 Å². The van der Waals surface area contributed by atoms with Crippen LogP contribution in [-0.4, -0.2) is 27.8 Å². The number of ether oxygens (including phenoxy) is 1. The van der Waals surface area contributed by atoms with E-state index >= 15 is 0 Å². The van der Waals surface area contributed by atoms with Crippen molar-refractivity contribution in [1.82, 2.24) is 0 Å². The lowest BCUT2D eigenvalue weighted by atomic mass is 9.79. The number of fused-ring (bicyclic) bond motifs is 2. The zero-order valence-electron chi connectivity index (χ0n) is 12.9. The molecule has 0 aromatic heterocycles. The monoisotopic (exact) mass is 324 g/mol. The summed E-state index contributed by atoms with van der Waals surface area (Å²) < 4.78 is 5.03. The van der Waals surface area contributed by atoms with Crippen molar-refractivity contribution in [2.24, 2.45) is 0 Å². The number of esters is 1. The van der Waals surface area contributed by atoms with E-state index in [0.717, 1.165) is 27.8 Å². The number of carbonyl (C=O) groups excluding carboxylic acids is 1. The molecule has 0 bridgehead atoms. The number of cyclic esters (lactones) is 1. The van der Waals surface area contributed by atoms with Crippen LogP contribution in [0.25, 0.3) is 11.1 Å². The van der Waals surface area contributed by atoms with Gasteiger partial charge in [0, 0.05) is 12.0 Å². The number of aliphatic hydroxyl groups is 1. The van der Waals surface area contributed by atoms with Crippen LogP contribution in [0.3, 0.4) is 0 Å². The Balaban J connectivity index is 1.68. The molecule has 0 saturated heterocycles. The summed E-state index contributed by atoms with van der Waals surface area (Å²) in [5, 5.41) is 19.3. The van der Waals surface area contributed by atoms with Gasteiger partial charge >= 0.3 is 11.9 Å². The second kappa shape index (κ2) is 5.18. The summed E-state index contributed by atoms with van der Waals surface area (Å²) >= 11 is 0. The molecule has 0 fully saturated rings. The molecule has 0 radical (unpaired) electrons. The molecule has 2 aromatic rings. The highest BCUT2D eigenvalue weighted by molar-refractivity contribution is 5.94. The first-order valence-electron chi connectivity index (χ1n) is 7.84. The maximum absolute atomic E-state index is 11.5. The molecule has 0 spiro atoms. The molecule has 5 nitrogen and oxygen atoms in total. The summed E-state index contributed by atoms with van der Waals surface area (Å²) in [7, 11) is 0. The molecule has 1 heterocycles. The van der Waals surface area contributed by atoms with E-state index in [9.17, 15) is 19.8 Å². The van der Waals surface area contributed by atoms with Crippen LogP contribution in [0.4, 0.5) is 0 Å². The van der Waals surface area contributed by atoms with Gasteiger partial charge < -0.3 is 14.9 Å². The summed E-state index contributed by atoms with van der Waals surface area (Å²) in [6.45, 7) is 0.304. The van der Waals surface area contributed by atoms with E-state index < -0.39 is 11.6 Å². The van der Waals surface area contributed by atoms with Gasteiger partial charge in [-0.25, -0.2) is 9.59 Å². The third-order valence-corrected chi connectivity index (χ3v) is 4.91. The van der Waals surface area contributed by atoms with E-state index in [0.29, 0.717) is 18.6 Å². The quantitative estimate of drug-likeness (QED) is 0.828. The first kappa shape index (κ1) is 14.9. The number of aliphatic carboxylic acids is 1. The maximum Gasteiger partial charge on any atom is 0.338 e. The van der Waals surface area contributed by atoms with Gasteiger partial charge in [0.05, 0.1) is 5.56 Å². The summed E-state index contributed by atoms with van der Waals surface area (Å²) in [5.74, 6) is -1.45. The number of carboxylic acids is 1. The first-order chi connectivity index (χ1) is 11.5. The van der Waals surface area contributed by atoms with Gasteiger partial charge in [-0.2, -0.15) is 0 Å². The largest absolute Gasteiger partial charge is 0.479 e. The van der Waals surface area contributed by atoms with Crippen LogP contribution in [0.5, 0.6) is 0 Å². The van der Waals surface area contributed by atoms with Gasteiger partial charge in [0.15, 0.2) is 5.60 Å². The summed E-state index contributed by atoms with van der Waals surface area (Å²) in [5.41, 5.74) is 3.77. The van der Waals surface area contributed by atoms with Crippen LogP contribution in [0.15, 0.2) is 36.4 Å². The van der Waals surface area contributed by atoms with Crippen molar-refractivity contribution in [2.45, 2.75) is 31.5 Å². The third kappa shape index (κ3) is 2.29. The standard InChI is InChI=1S/C19H16O5/c20-17-16-4-3-12(8-15(16)10-24-17)11-1-2-14-9-19(23,18(21)22)6-5-13(14)7-11/h1-4,7-8,23H,5-6,9-10H2,(H,21,22). The van der Waals surface area contributed by atoms with Gasteiger partial charge in [0.1, 0.15) is 6.61 Å². The van der Waals surface area contributed by atoms with E-state index in [4.69, 9.17) is 4.74 Å². The minimum absolute atomic E-state index is 0.129. The Morgan fingerprint density at radius 3 is 2.50 bits per heavy atom. The Hall–Kier alpha value is -2.66. The van der Waals surface area contributed by atoms with Crippen molar-refractivity contribution in [2.75, 3.05) is 0 Å². The number of benzene rings is 2. The summed E-state index contributed by atoms with van der Waals surface area (Å²) in [6.07, 6.45) is 0.869. The second-order valence-corrected chi connectivity index (χ2v) is 6.45. The Labute approximate surface area is 138 Å². The van der Waals surface area contributed by atoms with Crippen LogP contribution in [-0.2, 0) is 29.0 Å². The Kier molecular flexibility index (Phi) is 3.21. The first-order valence-corrected chi connectivity index (χ1v) is 7.84. The highest BCUT2D eigenvalue weighted by Gasteiger charge is 2.39. The number of hydrogen-bond acceptors (Lipinski definition) is 4. The van der Waals surface area contributed by atoms with Crippen molar-refractivity contribution >= 4 is 11.9 Å². The number of carboxylic acid groups (broad SMARTS) is 1. The Morgan fingerprint density at radius 1 is 1.04 bits per heavy atom. The van der Waals surface area contributed by atoms with E-state index in [1.54, 1.807) is 6.07 Å². The number of carbonyl (C=O) groups is 2. The maximum atomic E-state index is 11.5. The van der Waals surface area contributed by atoms with Gasteiger partial charge in [-0.05, 0) is 47.2 Å². The zero-order valence-corrected chi connectivity index (χ0v) is 12.9. The molecule has 122 valence electrons. The molecule has 1 aliphatic carbocycles. The second-order valence-electron chi connectivity index (χ2n) is 6.45. The van der Waals surface area contributed by atoms with Gasteiger partial charge in [-0.1, -0.05) is 24.3 Å². The fraction of sp³-hybridized carbons (Fsp3) is 0.263. The van der Waals surface area contributed by atoms with E-state index in [-0.39, 0.29) is 18.8 Å².